The van der Waals surface area contributed by atoms with E-state index < -0.39 is 0 Å². The van der Waals surface area contributed by atoms with E-state index in [9.17, 15) is 4.79 Å². The van der Waals surface area contributed by atoms with Crippen LogP contribution in [0.5, 0.6) is 0 Å². The lowest BCUT2D eigenvalue weighted by Crippen LogP contribution is -2.40. The van der Waals surface area contributed by atoms with Crippen molar-refractivity contribution in [2.24, 2.45) is 11.7 Å². The van der Waals surface area contributed by atoms with E-state index in [-0.39, 0.29) is 11.9 Å². The smallest absolute Gasteiger partial charge is 0.255 e. The number of hydrogen-bond acceptors (Lipinski definition) is 3. The molecule has 0 saturated heterocycles. The molecular weight excluding hydrogens is 216 g/mol. The van der Waals surface area contributed by atoms with Crippen LogP contribution in [0.3, 0.4) is 0 Å². The van der Waals surface area contributed by atoms with Crippen molar-refractivity contribution >= 4 is 5.91 Å². The molecule has 1 aromatic heterocycles. The zero-order chi connectivity index (χ0) is 13.0. The molecule has 0 saturated carbocycles. The van der Waals surface area contributed by atoms with E-state index in [1.54, 1.807) is 13.0 Å². The molecule has 1 rings (SSSR count). The molecule has 0 spiro atoms. The van der Waals surface area contributed by atoms with E-state index in [1.165, 1.54) is 0 Å². The Hall–Kier alpha value is -1.29. The molecule has 1 heterocycles. The first-order valence-electron chi connectivity index (χ1n) is 6.03. The average molecular weight is 238 g/mol. The standard InChI is InChI=1S/C13H22N2O2/c1-8(2)12(5-6-14)15-13(16)11-7-9(3)17-10(11)4/h7-8,12H,5-6,14H2,1-4H3,(H,15,16). The van der Waals surface area contributed by atoms with Gasteiger partial charge in [0.15, 0.2) is 0 Å². The molecule has 0 radical (unpaired) electrons. The van der Waals surface area contributed by atoms with Crippen molar-refractivity contribution in [2.45, 2.75) is 40.2 Å². The molecular formula is C13H22N2O2. The van der Waals surface area contributed by atoms with Gasteiger partial charge in [-0.1, -0.05) is 13.8 Å². The Bertz CT molecular complexity index is 383. The van der Waals surface area contributed by atoms with E-state index in [2.05, 4.69) is 19.2 Å². The summed E-state index contributed by atoms with van der Waals surface area (Å²) in [6.45, 7) is 8.37. The number of amides is 1. The number of carbonyl (C=O) groups is 1. The molecule has 0 aliphatic rings. The van der Waals surface area contributed by atoms with Crippen LogP contribution in [0.1, 0.15) is 42.1 Å². The van der Waals surface area contributed by atoms with Crippen molar-refractivity contribution in [1.82, 2.24) is 5.32 Å². The zero-order valence-corrected chi connectivity index (χ0v) is 11.0. The van der Waals surface area contributed by atoms with Gasteiger partial charge in [0.2, 0.25) is 0 Å². The fourth-order valence-electron chi connectivity index (χ4n) is 1.85. The lowest BCUT2D eigenvalue weighted by molar-refractivity contribution is 0.0922. The van der Waals surface area contributed by atoms with Crippen molar-refractivity contribution < 1.29 is 9.21 Å². The quantitative estimate of drug-likeness (QED) is 0.824. The lowest BCUT2D eigenvalue weighted by atomic mass is 10.0. The Morgan fingerprint density at radius 3 is 2.53 bits per heavy atom. The number of nitrogens with two attached hydrogens (primary N) is 1. The molecule has 96 valence electrons. The average Bonchev–Trinajstić information content (AvgIpc) is 2.57. The number of carbonyl (C=O) groups excluding carboxylic acids is 1. The number of hydrogen-bond donors (Lipinski definition) is 2. The van der Waals surface area contributed by atoms with Gasteiger partial charge in [0.1, 0.15) is 11.5 Å². The zero-order valence-electron chi connectivity index (χ0n) is 11.0. The third-order valence-corrected chi connectivity index (χ3v) is 2.88. The maximum absolute atomic E-state index is 12.1. The molecule has 4 nitrogen and oxygen atoms in total. The topological polar surface area (TPSA) is 68.3 Å². The maximum atomic E-state index is 12.1. The summed E-state index contributed by atoms with van der Waals surface area (Å²) in [5.74, 6) is 1.71. The van der Waals surface area contributed by atoms with Gasteiger partial charge in [0, 0.05) is 6.04 Å². The summed E-state index contributed by atoms with van der Waals surface area (Å²) in [7, 11) is 0. The Morgan fingerprint density at radius 1 is 1.47 bits per heavy atom. The third-order valence-electron chi connectivity index (χ3n) is 2.88. The van der Waals surface area contributed by atoms with Gasteiger partial charge in [-0.05, 0) is 38.8 Å². The minimum absolute atomic E-state index is 0.0773. The highest BCUT2D eigenvalue weighted by Crippen LogP contribution is 2.14. The molecule has 0 aliphatic heterocycles. The van der Waals surface area contributed by atoms with E-state index in [0.29, 0.717) is 23.8 Å². The Labute approximate surface area is 103 Å². The molecule has 0 aliphatic carbocycles. The second kappa shape index (κ2) is 5.87. The normalized spacial score (nSPS) is 12.8. The predicted molar refractivity (Wildman–Crippen MR) is 67.9 cm³/mol. The van der Waals surface area contributed by atoms with E-state index in [1.807, 2.05) is 6.92 Å². The van der Waals surface area contributed by atoms with Crippen molar-refractivity contribution in [3.63, 3.8) is 0 Å². The minimum atomic E-state index is -0.0773. The third kappa shape index (κ3) is 3.60. The number of furan rings is 1. The fourth-order valence-corrected chi connectivity index (χ4v) is 1.85. The number of aryl methyl sites for hydroxylation is 2. The highest BCUT2D eigenvalue weighted by atomic mass is 16.3. The molecule has 1 aromatic rings. The van der Waals surface area contributed by atoms with Gasteiger partial charge in [0.25, 0.3) is 5.91 Å². The molecule has 3 N–H and O–H groups in total. The molecule has 17 heavy (non-hydrogen) atoms. The Kier molecular flexibility index (Phi) is 4.75. The van der Waals surface area contributed by atoms with Crippen LogP contribution in [-0.4, -0.2) is 18.5 Å². The number of rotatable bonds is 5. The van der Waals surface area contributed by atoms with E-state index in [4.69, 9.17) is 10.2 Å². The maximum Gasteiger partial charge on any atom is 0.255 e. The second-order valence-electron chi connectivity index (χ2n) is 4.73. The Morgan fingerprint density at radius 2 is 2.12 bits per heavy atom. The first kappa shape index (κ1) is 13.8. The largest absolute Gasteiger partial charge is 0.466 e. The number of nitrogens with one attached hydrogen (secondary N) is 1. The van der Waals surface area contributed by atoms with Gasteiger partial charge >= 0.3 is 0 Å². The lowest BCUT2D eigenvalue weighted by Gasteiger charge is -2.21. The highest BCUT2D eigenvalue weighted by molar-refractivity contribution is 5.95. The molecule has 0 aromatic carbocycles. The summed E-state index contributed by atoms with van der Waals surface area (Å²) in [5, 5.41) is 3.01. The Balaban J connectivity index is 2.73. The van der Waals surface area contributed by atoms with Crippen LogP contribution in [0.25, 0.3) is 0 Å². The van der Waals surface area contributed by atoms with Crippen molar-refractivity contribution in [2.75, 3.05) is 6.54 Å². The SMILES string of the molecule is Cc1cc(C(=O)NC(CCN)C(C)C)c(C)o1. The van der Waals surface area contributed by atoms with Crippen LogP contribution in [-0.2, 0) is 0 Å². The van der Waals surface area contributed by atoms with Gasteiger partial charge < -0.3 is 15.5 Å². The molecule has 1 amide bonds. The van der Waals surface area contributed by atoms with Crippen LogP contribution in [0.2, 0.25) is 0 Å². The van der Waals surface area contributed by atoms with Gasteiger partial charge in [-0.15, -0.1) is 0 Å². The fraction of sp³-hybridized carbons (Fsp3) is 0.615. The highest BCUT2D eigenvalue weighted by Gasteiger charge is 2.19. The van der Waals surface area contributed by atoms with Crippen LogP contribution in [0, 0.1) is 19.8 Å². The summed E-state index contributed by atoms with van der Waals surface area (Å²) in [5.41, 5.74) is 6.16. The van der Waals surface area contributed by atoms with E-state index in [0.717, 1.165) is 12.2 Å². The second-order valence-corrected chi connectivity index (χ2v) is 4.73. The summed E-state index contributed by atoms with van der Waals surface area (Å²) >= 11 is 0. The summed E-state index contributed by atoms with van der Waals surface area (Å²) in [6.07, 6.45) is 0.791. The summed E-state index contributed by atoms with van der Waals surface area (Å²) in [6, 6.07) is 1.88. The van der Waals surface area contributed by atoms with Crippen LogP contribution in [0.4, 0.5) is 0 Å². The van der Waals surface area contributed by atoms with Crippen LogP contribution >= 0.6 is 0 Å². The van der Waals surface area contributed by atoms with E-state index >= 15 is 0 Å². The molecule has 1 unspecified atom stereocenters. The summed E-state index contributed by atoms with van der Waals surface area (Å²) < 4.78 is 5.35. The van der Waals surface area contributed by atoms with Gasteiger partial charge in [-0.3, -0.25) is 4.79 Å². The van der Waals surface area contributed by atoms with Crippen molar-refractivity contribution in [1.29, 1.82) is 0 Å². The van der Waals surface area contributed by atoms with Gasteiger partial charge in [-0.25, -0.2) is 0 Å². The van der Waals surface area contributed by atoms with Gasteiger partial charge in [0.05, 0.1) is 5.56 Å². The van der Waals surface area contributed by atoms with Crippen molar-refractivity contribution in [3.05, 3.63) is 23.2 Å². The first-order valence-corrected chi connectivity index (χ1v) is 6.03. The molecule has 0 bridgehead atoms. The molecule has 1 atom stereocenters. The monoisotopic (exact) mass is 238 g/mol. The minimum Gasteiger partial charge on any atom is -0.466 e. The first-order chi connectivity index (χ1) is 7.95. The van der Waals surface area contributed by atoms with Crippen LogP contribution < -0.4 is 11.1 Å². The molecule has 0 fully saturated rings. The van der Waals surface area contributed by atoms with Crippen molar-refractivity contribution in [3.8, 4) is 0 Å². The predicted octanol–water partition coefficient (Wildman–Crippen LogP) is 2.00. The molecule has 4 heteroatoms. The summed E-state index contributed by atoms with van der Waals surface area (Å²) in [4.78, 5) is 12.1. The van der Waals surface area contributed by atoms with Gasteiger partial charge in [-0.2, -0.15) is 0 Å². The van der Waals surface area contributed by atoms with Crippen LogP contribution in [0.15, 0.2) is 10.5 Å².